The fourth-order valence-electron chi connectivity index (χ4n) is 6.32. The summed E-state index contributed by atoms with van der Waals surface area (Å²) in [5.74, 6) is 0. The van der Waals surface area contributed by atoms with Gasteiger partial charge in [-0.2, -0.15) is 0 Å². The zero-order valence-electron chi connectivity index (χ0n) is 22.4. The summed E-state index contributed by atoms with van der Waals surface area (Å²) in [6.45, 7) is 0. The second-order valence-corrected chi connectivity index (χ2v) is 11.4. The van der Waals surface area contributed by atoms with Gasteiger partial charge in [0.1, 0.15) is 0 Å². The third kappa shape index (κ3) is 3.89. The van der Waals surface area contributed by atoms with E-state index in [1.54, 1.807) is 0 Å². The van der Waals surface area contributed by atoms with E-state index in [9.17, 15) is 0 Å². The van der Waals surface area contributed by atoms with Crippen molar-refractivity contribution in [3.63, 3.8) is 0 Å². The van der Waals surface area contributed by atoms with Crippen molar-refractivity contribution >= 4 is 43.7 Å². The second kappa shape index (κ2) is 9.89. The van der Waals surface area contributed by atoms with Gasteiger partial charge in [-0.1, -0.05) is 158 Å². The van der Waals surface area contributed by atoms with Crippen molar-refractivity contribution in [1.82, 2.24) is 0 Å². The first-order valence-corrected chi connectivity index (χ1v) is 14.9. The van der Waals surface area contributed by atoms with E-state index in [1.807, 2.05) is 11.3 Å². The number of benzene rings is 7. The maximum Gasteiger partial charge on any atom is 0.0440 e. The first-order valence-electron chi connectivity index (χ1n) is 14.0. The molecule has 8 rings (SSSR count). The minimum absolute atomic E-state index is 1.24. The molecule has 0 saturated carbocycles. The van der Waals surface area contributed by atoms with Crippen LogP contribution in [0.25, 0.3) is 75.5 Å². The Bertz CT molecular complexity index is 2130. The first-order chi connectivity index (χ1) is 20.4. The van der Waals surface area contributed by atoms with Gasteiger partial charge in [0, 0.05) is 31.7 Å². The molecule has 0 radical (unpaired) electrons. The topological polar surface area (TPSA) is 0 Å². The third-order valence-corrected chi connectivity index (χ3v) is 9.37. The number of hydrogen-bond acceptors (Lipinski definition) is 1. The predicted molar refractivity (Wildman–Crippen MR) is 179 cm³/mol. The number of hydrogen-bond donors (Lipinski definition) is 0. The van der Waals surface area contributed by atoms with Gasteiger partial charge in [0.15, 0.2) is 0 Å². The highest BCUT2D eigenvalue weighted by Gasteiger charge is 2.22. The van der Waals surface area contributed by atoms with E-state index in [0.717, 1.165) is 0 Å². The highest BCUT2D eigenvalue weighted by molar-refractivity contribution is 7.21. The summed E-state index contributed by atoms with van der Waals surface area (Å²) in [5, 5.41) is 7.77. The Hall–Kier alpha value is -4.98. The van der Waals surface area contributed by atoms with E-state index in [0.29, 0.717) is 0 Å². The Morgan fingerprint density at radius 2 is 0.659 bits per heavy atom. The molecule has 192 valence electrons. The number of rotatable bonds is 4. The molecular weight excluding hydrogens is 513 g/mol. The summed E-state index contributed by atoms with van der Waals surface area (Å²) >= 11 is 1.92. The molecule has 0 N–H and O–H groups in total. The van der Waals surface area contributed by atoms with Crippen LogP contribution in [-0.2, 0) is 0 Å². The molecule has 1 heteroatoms. The Labute approximate surface area is 243 Å². The van der Waals surface area contributed by atoms with Crippen LogP contribution >= 0.6 is 11.3 Å². The monoisotopic (exact) mass is 538 g/mol. The van der Waals surface area contributed by atoms with Crippen LogP contribution in [0.5, 0.6) is 0 Å². The average molecular weight is 539 g/mol. The van der Waals surface area contributed by atoms with Crippen LogP contribution < -0.4 is 0 Å². The lowest BCUT2D eigenvalue weighted by Gasteiger charge is -2.17. The molecule has 0 saturated heterocycles. The van der Waals surface area contributed by atoms with Crippen LogP contribution in [0.1, 0.15) is 0 Å². The Kier molecular flexibility index (Phi) is 5.76. The lowest BCUT2D eigenvalue weighted by atomic mass is 9.87. The molecule has 0 spiro atoms. The van der Waals surface area contributed by atoms with E-state index in [1.165, 1.54) is 75.5 Å². The van der Waals surface area contributed by atoms with Gasteiger partial charge < -0.3 is 0 Å². The van der Waals surface area contributed by atoms with Crippen LogP contribution in [0.4, 0.5) is 0 Å². The number of thiophene rings is 1. The molecule has 0 bridgehead atoms. The molecule has 41 heavy (non-hydrogen) atoms. The van der Waals surface area contributed by atoms with Gasteiger partial charge in [0.25, 0.3) is 0 Å². The number of fused-ring (bicyclic) bond motifs is 3. The fraction of sp³-hybridized carbons (Fsp3) is 0. The molecule has 7 aromatic carbocycles. The van der Waals surface area contributed by atoms with Gasteiger partial charge in [-0.25, -0.2) is 0 Å². The van der Waals surface area contributed by atoms with Crippen molar-refractivity contribution in [2.24, 2.45) is 0 Å². The van der Waals surface area contributed by atoms with Gasteiger partial charge in [0.05, 0.1) is 0 Å². The molecule has 1 aromatic heterocycles. The summed E-state index contributed by atoms with van der Waals surface area (Å²) in [5.41, 5.74) is 7.66. The van der Waals surface area contributed by atoms with Crippen molar-refractivity contribution in [3.05, 3.63) is 158 Å². The van der Waals surface area contributed by atoms with E-state index in [-0.39, 0.29) is 0 Å². The molecule has 1 heterocycles. The summed E-state index contributed by atoms with van der Waals surface area (Å²) in [7, 11) is 0. The molecule has 0 aliphatic heterocycles. The Balaban J connectivity index is 1.48. The van der Waals surface area contributed by atoms with Crippen LogP contribution in [0, 0.1) is 0 Å². The van der Waals surface area contributed by atoms with E-state index < -0.39 is 0 Å². The standard InChI is InChI=1S/C40H26S/c1-3-15-27(16-4-1)29-19-7-12-24-34(29)39-35-25-13-14-26-36(35)40(41-39)38-32-22-10-8-20-30(32)37(28-17-5-2-6-18-28)31-21-9-11-23-33(31)38/h1-26H. The maximum atomic E-state index is 2.30. The molecule has 0 aliphatic rings. The van der Waals surface area contributed by atoms with Crippen molar-refractivity contribution in [2.75, 3.05) is 0 Å². The smallest absolute Gasteiger partial charge is 0.0440 e. The van der Waals surface area contributed by atoms with E-state index >= 15 is 0 Å². The fourth-order valence-corrected chi connectivity index (χ4v) is 7.71. The molecule has 8 aromatic rings. The molecule has 0 fully saturated rings. The van der Waals surface area contributed by atoms with Crippen molar-refractivity contribution in [1.29, 1.82) is 0 Å². The van der Waals surface area contributed by atoms with Crippen molar-refractivity contribution in [2.45, 2.75) is 0 Å². The van der Waals surface area contributed by atoms with Crippen LogP contribution in [0.3, 0.4) is 0 Å². The minimum Gasteiger partial charge on any atom is -0.134 e. The van der Waals surface area contributed by atoms with Crippen LogP contribution in [0.15, 0.2) is 158 Å². The normalized spacial score (nSPS) is 11.4. The van der Waals surface area contributed by atoms with E-state index in [2.05, 4.69) is 158 Å². The molecule has 0 aliphatic carbocycles. The summed E-state index contributed by atoms with van der Waals surface area (Å²) < 4.78 is 0. The largest absolute Gasteiger partial charge is 0.134 e. The Morgan fingerprint density at radius 1 is 0.268 bits per heavy atom. The van der Waals surface area contributed by atoms with Crippen molar-refractivity contribution in [3.8, 4) is 43.1 Å². The average Bonchev–Trinajstić information content (AvgIpc) is 3.43. The highest BCUT2D eigenvalue weighted by atomic mass is 32.1. The lowest BCUT2D eigenvalue weighted by Crippen LogP contribution is -1.89. The predicted octanol–water partition coefficient (Wildman–Crippen LogP) is 11.9. The van der Waals surface area contributed by atoms with Crippen LogP contribution in [0.2, 0.25) is 0 Å². The zero-order chi connectivity index (χ0) is 27.2. The quantitative estimate of drug-likeness (QED) is 0.195. The van der Waals surface area contributed by atoms with Crippen molar-refractivity contribution < 1.29 is 0 Å². The molecule has 0 unspecified atom stereocenters. The summed E-state index contributed by atoms with van der Waals surface area (Å²) in [4.78, 5) is 2.64. The second-order valence-electron chi connectivity index (χ2n) is 10.4. The maximum absolute atomic E-state index is 2.30. The van der Waals surface area contributed by atoms with Gasteiger partial charge >= 0.3 is 0 Å². The molecule has 0 amide bonds. The third-order valence-electron chi connectivity index (χ3n) is 8.10. The SMILES string of the molecule is c1ccc(-c2ccccc2-c2sc(-c3c4ccccc4c(-c4ccccc4)c4ccccc34)c3ccccc23)cc1. The lowest BCUT2D eigenvalue weighted by molar-refractivity contribution is 1.62. The zero-order valence-corrected chi connectivity index (χ0v) is 23.2. The molecular formula is C40H26S. The summed E-state index contributed by atoms with van der Waals surface area (Å²) in [6.07, 6.45) is 0. The Morgan fingerprint density at radius 3 is 1.22 bits per heavy atom. The van der Waals surface area contributed by atoms with Crippen LogP contribution in [-0.4, -0.2) is 0 Å². The van der Waals surface area contributed by atoms with Gasteiger partial charge in [-0.3, -0.25) is 0 Å². The van der Waals surface area contributed by atoms with Gasteiger partial charge in [-0.15, -0.1) is 11.3 Å². The highest BCUT2D eigenvalue weighted by Crippen LogP contribution is 2.51. The van der Waals surface area contributed by atoms with E-state index in [4.69, 9.17) is 0 Å². The van der Waals surface area contributed by atoms with Gasteiger partial charge in [0.2, 0.25) is 0 Å². The molecule has 0 nitrogen and oxygen atoms in total. The summed E-state index contributed by atoms with van der Waals surface area (Å²) in [6, 6.07) is 57.2. The first kappa shape index (κ1) is 23.9. The minimum atomic E-state index is 1.24. The van der Waals surface area contributed by atoms with Gasteiger partial charge in [-0.05, 0) is 43.8 Å². The molecule has 0 atom stereocenters.